The van der Waals surface area contributed by atoms with Crippen molar-refractivity contribution in [2.24, 2.45) is 0 Å². The van der Waals surface area contributed by atoms with E-state index < -0.39 is 10.7 Å². The van der Waals surface area contributed by atoms with E-state index in [-0.39, 0.29) is 18.3 Å². The first-order chi connectivity index (χ1) is 11.1. The van der Waals surface area contributed by atoms with Crippen LogP contribution in [0.25, 0.3) is 0 Å². The normalized spacial score (nSPS) is 16.1. The molecule has 3 N–H and O–H groups in total. The Bertz CT molecular complexity index is 538. The predicted molar refractivity (Wildman–Crippen MR) is 81.6 cm³/mol. The minimum absolute atomic E-state index is 0.0405. The van der Waals surface area contributed by atoms with Crippen LogP contribution in [-0.4, -0.2) is 52.5 Å². The maximum absolute atomic E-state index is 13.2. The number of nitro benzene ring substituents is 1. The predicted octanol–water partition coefficient (Wildman–Crippen LogP) is 1.28. The molecule has 23 heavy (non-hydrogen) atoms. The minimum atomic E-state index is -0.630. The van der Waals surface area contributed by atoms with Gasteiger partial charge in [-0.3, -0.25) is 10.1 Å². The van der Waals surface area contributed by atoms with E-state index in [9.17, 15) is 19.7 Å². The highest BCUT2D eigenvalue weighted by Crippen LogP contribution is 2.31. The summed E-state index contributed by atoms with van der Waals surface area (Å²) in [5, 5.41) is 30.8. The Labute approximate surface area is 133 Å². The number of nitrogens with zero attached hydrogens (tertiary/aromatic N) is 3. The van der Waals surface area contributed by atoms with Crippen LogP contribution >= 0.6 is 0 Å². The second kappa shape index (κ2) is 8.16. The maximum Gasteiger partial charge on any atom is 0.295 e. The van der Waals surface area contributed by atoms with E-state index >= 15 is 0 Å². The molecule has 0 aliphatic carbocycles. The van der Waals surface area contributed by atoms with Crippen molar-refractivity contribution in [2.45, 2.75) is 25.3 Å². The van der Waals surface area contributed by atoms with E-state index in [1.54, 1.807) is 5.01 Å². The summed E-state index contributed by atoms with van der Waals surface area (Å²) in [6, 6.07) is 3.66. The molecule has 0 amide bonds. The number of halogens is 1. The molecule has 2 rings (SSSR count). The van der Waals surface area contributed by atoms with Gasteiger partial charge in [-0.05, 0) is 31.4 Å². The average Bonchev–Trinajstić information content (AvgIpc) is 2.56. The monoisotopic (exact) mass is 328 g/mol. The van der Waals surface area contributed by atoms with Gasteiger partial charge in [0, 0.05) is 32.3 Å². The van der Waals surface area contributed by atoms with E-state index in [0.29, 0.717) is 44.6 Å². The molecule has 0 saturated carbocycles. The zero-order valence-corrected chi connectivity index (χ0v) is 12.7. The van der Waals surface area contributed by atoms with E-state index in [2.05, 4.69) is 5.59 Å². The standard InChI is InChI=1S/C14H21FN4O4/c15-11-2-3-13(14(10-11)19(22)23)17-7-4-12(5-8-17)18(16-21)6-1-9-20/h2-3,10,12,16,20-21H,1,4-9H2. The number of rotatable bonds is 7. The molecule has 0 bridgehead atoms. The van der Waals surface area contributed by atoms with Crippen molar-refractivity contribution >= 4 is 11.4 Å². The SMILES string of the molecule is O=[N+]([O-])c1cc(F)ccc1N1CCC(N(CCCO)NO)CC1. The van der Waals surface area contributed by atoms with Crippen molar-refractivity contribution in [3.63, 3.8) is 0 Å². The smallest absolute Gasteiger partial charge is 0.295 e. The van der Waals surface area contributed by atoms with Crippen molar-refractivity contribution < 1.29 is 19.6 Å². The number of benzene rings is 1. The molecule has 0 atom stereocenters. The Kier molecular flexibility index (Phi) is 6.22. The lowest BCUT2D eigenvalue weighted by atomic mass is 10.0. The van der Waals surface area contributed by atoms with Crippen molar-refractivity contribution in [1.29, 1.82) is 0 Å². The fraction of sp³-hybridized carbons (Fsp3) is 0.571. The second-order valence-corrected chi connectivity index (χ2v) is 5.48. The van der Waals surface area contributed by atoms with Crippen molar-refractivity contribution in [3.8, 4) is 0 Å². The Balaban J connectivity index is 2.03. The highest BCUT2D eigenvalue weighted by molar-refractivity contribution is 5.63. The molecule has 0 unspecified atom stereocenters. The highest BCUT2D eigenvalue weighted by Gasteiger charge is 2.28. The zero-order valence-electron chi connectivity index (χ0n) is 12.7. The van der Waals surface area contributed by atoms with Crippen LogP contribution in [0.5, 0.6) is 0 Å². The number of hydrogen-bond donors (Lipinski definition) is 3. The fourth-order valence-corrected chi connectivity index (χ4v) is 2.88. The molecule has 9 heteroatoms. The molecule has 1 aliphatic rings. The molecular weight excluding hydrogens is 307 g/mol. The van der Waals surface area contributed by atoms with Crippen molar-refractivity contribution in [1.82, 2.24) is 10.6 Å². The molecule has 128 valence electrons. The Morgan fingerprint density at radius 3 is 2.70 bits per heavy atom. The summed E-state index contributed by atoms with van der Waals surface area (Å²) in [7, 11) is 0. The van der Waals surface area contributed by atoms with Gasteiger partial charge in [0.1, 0.15) is 11.5 Å². The van der Waals surface area contributed by atoms with E-state index in [1.165, 1.54) is 12.1 Å². The lowest BCUT2D eigenvalue weighted by molar-refractivity contribution is -0.384. The van der Waals surface area contributed by atoms with E-state index in [1.807, 2.05) is 4.90 Å². The Morgan fingerprint density at radius 1 is 1.43 bits per heavy atom. The van der Waals surface area contributed by atoms with Gasteiger partial charge in [0.05, 0.1) is 11.0 Å². The Morgan fingerprint density at radius 2 is 2.13 bits per heavy atom. The largest absolute Gasteiger partial charge is 0.396 e. The van der Waals surface area contributed by atoms with E-state index in [4.69, 9.17) is 5.11 Å². The number of nitrogens with one attached hydrogen (secondary N) is 1. The van der Waals surface area contributed by atoms with Gasteiger partial charge in [0.25, 0.3) is 5.69 Å². The van der Waals surface area contributed by atoms with Crippen molar-refractivity contribution in [3.05, 3.63) is 34.1 Å². The van der Waals surface area contributed by atoms with Crippen LogP contribution in [0, 0.1) is 15.9 Å². The first-order valence-electron chi connectivity index (χ1n) is 7.53. The zero-order chi connectivity index (χ0) is 16.8. The molecule has 0 radical (unpaired) electrons. The van der Waals surface area contributed by atoms with Gasteiger partial charge in [-0.15, -0.1) is 5.59 Å². The number of hydrogen-bond acceptors (Lipinski definition) is 7. The van der Waals surface area contributed by atoms with Crippen LogP contribution in [-0.2, 0) is 0 Å². The van der Waals surface area contributed by atoms with Crippen LogP contribution in [0.1, 0.15) is 19.3 Å². The number of aliphatic hydroxyl groups excluding tert-OH is 1. The van der Waals surface area contributed by atoms with Gasteiger partial charge >= 0.3 is 0 Å². The van der Waals surface area contributed by atoms with Gasteiger partial charge in [0.2, 0.25) is 0 Å². The maximum atomic E-state index is 13.2. The summed E-state index contributed by atoms with van der Waals surface area (Å²) in [6.45, 7) is 1.68. The topological polar surface area (TPSA) is 102 Å². The number of aliphatic hydroxyl groups is 1. The summed E-state index contributed by atoms with van der Waals surface area (Å²) in [5.74, 6) is -0.630. The summed E-state index contributed by atoms with van der Waals surface area (Å²) in [5.41, 5.74) is 2.32. The molecular formula is C14H21FN4O4. The third kappa shape index (κ3) is 4.35. The molecule has 1 heterocycles. The Hall–Kier alpha value is -1.81. The first kappa shape index (κ1) is 17.5. The summed E-state index contributed by atoms with van der Waals surface area (Å²) in [6.07, 6.45) is 1.91. The van der Waals surface area contributed by atoms with Crippen LogP contribution < -0.4 is 10.5 Å². The molecule has 0 aromatic heterocycles. The van der Waals surface area contributed by atoms with Gasteiger partial charge in [-0.2, -0.15) is 0 Å². The molecule has 0 spiro atoms. The van der Waals surface area contributed by atoms with Gasteiger partial charge in [-0.25, -0.2) is 9.40 Å². The number of hydrazine groups is 1. The summed E-state index contributed by atoms with van der Waals surface area (Å²) >= 11 is 0. The van der Waals surface area contributed by atoms with Crippen molar-refractivity contribution in [2.75, 3.05) is 31.1 Å². The second-order valence-electron chi connectivity index (χ2n) is 5.48. The fourth-order valence-electron chi connectivity index (χ4n) is 2.88. The minimum Gasteiger partial charge on any atom is -0.396 e. The number of nitro groups is 1. The molecule has 1 saturated heterocycles. The van der Waals surface area contributed by atoms with Crippen LogP contribution in [0.2, 0.25) is 0 Å². The summed E-state index contributed by atoms with van der Waals surface area (Å²) < 4.78 is 13.2. The van der Waals surface area contributed by atoms with Gasteiger partial charge in [0.15, 0.2) is 0 Å². The number of piperidine rings is 1. The van der Waals surface area contributed by atoms with Crippen LogP contribution in [0.3, 0.4) is 0 Å². The highest BCUT2D eigenvalue weighted by atomic mass is 19.1. The molecule has 1 aliphatic heterocycles. The quantitative estimate of drug-likeness (QED) is 0.512. The molecule has 8 nitrogen and oxygen atoms in total. The van der Waals surface area contributed by atoms with Crippen LogP contribution in [0.4, 0.5) is 15.8 Å². The first-order valence-corrected chi connectivity index (χ1v) is 7.53. The third-order valence-electron chi connectivity index (χ3n) is 4.07. The lowest BCUT2D eigenvalue weighted by Crippen LogP contribution is -2.50. The molecule has 1 aromatic rings. The number of anilines is 1. The lowest BCUT2D eigenvalue weighted by Gasteiger charge is -2.38. The average molecular weight is 328 g/mol. The molecule has 1 fully saturated rings. The van der Waals surface area contributed by atoms with Gasteiger partial charge < -0.3 is 15.2 Å². The van der Waals surface area contributed by atoms with Gasteiger partial charge in [-0.1, -0.05) is 0 Å². The summed E-state index contributed by atoms with van der Waals surface area (Å²) in [4.78, 5) is 12.4. The van der Waals surface area contributed by atoms with Crippen LogP contribution in [0.15, 0.2) is 18.2 Å². The third-order valence-corrected chi connectivity index (χ3v) is 4.07. The molecule has 1 aromatic carbocycles. The van der Waals surface area contributed by atoms with E-state index in [0.717, 1.165) is 6.07 Å².